The van der Waals surface area contributed by atoms with Crippen molar-refractivity contribution < 1.29 is 18.1 Å². The quantitative estimate of drug-likeness (QED) is 0.282. The van der Waals surface area contributed by atoms with Crippen molar-refractivity contribution >= 4 is 10.1 Å². The molecule has 0 aromatic carbocycles. The molecule has 5 heteroatoms. The van der Waals surface area contributed by atoms with Gasteiger partial charge in [-0.3, -0.25) is 4.55 Å². The van der Waals surface area contributed by atoms with E-state index in [1.165, 1.54) is 64.2 Å². The second kappa shape index (κ2) is 15.4. The molecule has 0 amide bonds. The summed E-state index contributed by atoms with van der Waals surface area (Å²) >= 11 is 0. The summed E-state index contributed by atoms with van der Waals surface area (Å²) in [5, 5.41) is 9.73. The lowest BCUT2D eigenvalue weighted by molar-refractivity contribution is 0.150. The molecular formula is C18H38O4S. The molecule has 0 saturated carbocycles. The van der Waals surface area contributed by atoms with Gasteiger partial charge in [-0.25, -0.2) is 0 Å². The molecule has 4 nitrogen and oxygen atoms in total. The molecule has 0 radical (unpaired) electrons. The predicted molar refractivity (Wildman–Crippen MR) is 97.4 cm³/mol. The van der Waals surface area contributed by atoms with Gasteiger partial charge in [0.15, 0.2) is 0 Å². The van der Waals surface area contributed by atoms with Crippen LogP contribution < -0.4 is 0 Å². The molecule has 2 N–H and O–H groups in total. The highest BCUT2D eigenvalue weighted by Gasteiger charge is 2.08. The first-order valence-corrected chi connectivity index (χ1v) is 11.2. The smallest absolute Gasteiger partial charge is 0.264 e. The Morgan fingerprint density at radius 2 is 1.09 bits per heavy atom. The fraction of sp³-hybridized carbons (Fsp3) is 1.00. The van der Waals surface area contributed by atoms with Gasteiger partial charge in [-0.1, -0.05) is 84.0 Å². The molecule has 0 aromatic rings. The van der Waals surface area contributed by atoms with Crippen molar-refractivity contribution in [3.63, 3.8) is 0 Å². The van der Waals surface area contributed by atoms with Gasteiger partial charge in [0.2, 0.25) is 0 Å². The first-order valence-electron chi connectivity index (χ1n) is 9.59. The molecule has 0 bridgehead atoms. The third-order valence-corrected chi connectivity index (χ3v) is 5.14. The van der Waals surface area contributed by atoms with Crippen molar-refractivity contribution in [1.82, 2.24) is 0 Å². The topological polar surface area (TPSA) is 74.6 Å². The van der Waals surface area contributed by atoms with Crippen molar-refractivity contribution in [3.8, 4) is 0 Å². The van der Waals surface area contributed by atoms with Crippen molar-refractivity contribution in [1.29, 1.82) is 0 Å². The van der Waals surface area contributed by atoms with E-state index in [0.29, 0.717) is 12.8 Å². The summed E-state index contributed by atoms with van der Waals surface area (Å²) < 4.78 is 29.7. The molecule has 0 aliphatic rings. The normalized spacial score (nSPS) is 13.3. The standard InChI is InChI=1S/C18H38O4S/c1-2-3-4-5-6-7-8-9-10-11-12-13-15-18(19)16-14-17-23(20,21)22/h18-19H,2-17H2,1H3,(H,20,21,22). The molecule has 0 rings (SSSR count). The van der Waals surface area contributed by atoms with Crippen LogP contribution in [-0.2, 0) is 10.1 Å². The van der Waals surface area contributed by atoms with Gasteiger partial charge in [0.05, 0.1) is 11.9 Å². The largest absolute Gasteiger partial charge is 0.393 e. The summed E-state index contributed by atoms with van der Waals surface area (Å²) in [6.07, 6.45) is 16.7. The molecule has 23 heavy (non-hydrogen) atoms. The molecule has 0 spiro atoms. The number of unbranched alkanes of at least 4 members (excludes halogenated alkanes) is 11. The number of aliphatic hydroxyl groups excluding tert-OH is 1. The van der Waals surface area contributed by atoms with E-state index in [-0.39, 0.29) is 5.75 Å². The van der Waals surface area contributed by atoms with E-state index in [0.717, 1.165) is 19.3 Å². The van der Waals surface area contributed by atoms with Crippen LogP contribution in [0.4, 0.5) is 0 Å². The molecular weight excluding hydrogens is 312 g/mol. The molecule has 1 unspecified atom stereocenters. The van der Waals surface area contributed by atoms with Crippen LogP contribution in [0.3, 0.4) is 0 Å². The summed E-state index contributed by atoms with van der Waals surface area (Å²) in [5.41, 5.74) is 0. The van der Waals surface area contributed by atoms with Crippen LogP contribution in [0, 0.1) is 0 Å². The monoisotopic (exact) mass is 350 g/mol. The van der Waals surface area contributed by atoms with Crippen LogP contribution in [-0.4, -0.2) is 29.9 Å². The number of hydrogen-bond donors (Lipinski definition) is 2. The van der Waals surface area contributed by atoms with Gasteiger partial charge < -0.3 is 5.11 Å². The van der Waals surface area contributed by atoms with Crippen LogP contribution in [0.25, 0.3) is 0 Å². The minimum absolute atomic E-state index is 0.248. The molecule has 0 aromatic heterocycles. The van der Waals surface area contributed by atoms with Gasteiger partial charge in [0.1, 0.15) is 0 Å². The SMILES string of the molecule is CCCCCCCCCCCCCCC(O)CCCS(=O)(=O)O. The van der Waals surface area contributed by atoms with Gasteiger partial charge in [0, 0.05) is 0 Å². The van der Waals surface area contributed by atoms with E-state index in [1.807, 2.05) is 0 Å². The lowest BCUT2D eigenvalue weighted by atomic mass is 10.0. The van der Waals surface area contributed by atoms with Crippen LogP contribution in [0.15, 0.2) is 0 Å². The third-order valence-electron chi connectivity index (χ3n) is 4.33. The highest BCUT2D eigenvalue weighted by atomic mass is 32.2. The van der Waals surface area contributed by atoms with E-state index in [9.17, 15) is 13.5 Å². The fourth-order valence-corrected chi connectivity index (χ4v) is 3.40. The van der Waals surface area contributed by atoms with E-state index in [2.05, 4.69) is 6.92 Å². The van der Waals surface area contributed by atoms with Crippen molar-refractivity contribution in [2.45, 2.75) is 109 Å². The molecule has 0 aliphatic heterocycles. The zero-order valence-corrected chi connectivity index (χ0v) is 15.8. The third kappa shape index (κ3) is 19.8. The van der Waals surface area contributed by atoms with Gasteiger partial charge >= 0.3 is 0 Å². The summed E-state index contributed by atoms with van der Waals surface area (Å²) in [5.74, 6) is -0.248. The lowest BCUT2D eigenvalue weighted by Gasteiger charge is -2.09. The van der Waals surface area contributed by atoms with E-state index in [4.69, 9.17) is 4.55 Å². The maximum atomic E-state index is 10.6. The Morgan fingerprint density at radius 3 is 1.52 bits per heavy atom. The van der Waals surface area contributed by atoms with Crippen LogP contribution in [0.2, 0.25) is 0 Å². The zero-order valence-electron chi connectivity index (χ0n) is 15.0. The van der Waals surface area contributed by atoms with Crippen LogP contribution in [0.5, 0.6) is 0 Å². The average Bonchev–Trinajstić information content (AvgIpc) is 2.47. The molecule has 0 saturated heterocycles. The molecule has 1 atom stereocenters. The first-order chi connectivity index (χ1) is 11.0. The fourth-order valence-electron chi connectivity index (χ4n) is 2.87. The summed E-state index contributed by atoms with van der Waals surface area (Å²) in [4.78, 5) is 0. The maximum Gasteiger partial charge on any atom is 0.264 e. The first kappa shape index (κ1) is 22.9. The van der Waals surface area contributed by atoms with E-state index >= 15 is 0 Å². The lowest BCUT2D eigenvalue weighted by Crippen LogP contribution is -2.10. The highest BCUT2D eigenvalue weighted by molar-refractivity contribution is 7.85. The Labute approximate surface area is 143 Å². The Morgan fingerprint density at radius 1 is 0.696 bits per heavy atom. The number of rotatable bonds is 17. The highest BCUT2D eigenvalue weighted by Crippen LogP contribution is 2.14. The van der Waals surface area contributed by atoms with Gasteiger partial charge in [-0.05, 0) is 19.3 Å². The molecule has 0 heterocycles. The minimum Gasteiger partial charge on any atom is -0.393 e. The van der Waals surface area contributed by atoms with Gasteiger partial charge in [-0.15, -0.1) is 0 Å². The average molecular weight is 351 g/mol. The second-order valence-electron chi connectivity index (χ2n) is 6.76. The van der Waals surface area contributed by atoms with Gasteiger partial charge in [-0.2, -0.15) is 8.42 Å². The van der Waals surface area contributed by atoms with Crippen molar-refractivity contribution in [2.75, 3.05) is 5.75 Å². The summed E-state index contributed by atoms with van der Waals surface area (Å²) in [6.45, 7) is 2.25. The Balaban J connectivity index is 3.20. The molecule has 0 aliphatic carbocycles. The summed E-state index contributed by atoms with van der Waals surface area (Å²) in [6, 6.07) is 0. The molecule has 0 fully saturated rings. The van der Waals surface area contributed by atoms with E-state index in [1.54, 1.807) is 0 Å². The van der Waals surface area contributed by atoms with Crippen LogP contribution >= 0.6 is 0 Å². The summed E-state index contributed by atoms with van der Waals surface area (Å²) in [7, 11) is -3.88. The maximum absolute atomic E-state index is 10.6. The Bertz CT molecular complexity index is 341. The zero-order chi connectivity index (χ0) is 17.4. The predicted octanol–water partition coefficient (Wildman–Crippen LogP) is 5.11. The number of hydrogen-bond acceptors (Lipinski definition) is 3. The van der Waals surface area contributed by atoms with Gasteiger partial charge in [0.25, 0.3) is 10.1 Å². The Kier molecular flexibility index (Phi) is 15.3. The number of aliphatic hydroxyl groups is 1. The van der Waals surface area contributed by atoms with Crippen LogP contribution in [0.1, 0.15) is 103 Å². The van der Waals surface area contributed by atoms with E-state index < -0.39 is 16.2 Å². The minimum atomic E-state index is -3.88. The second-order valence-corrected chi connectivity index (χ2v) is 8.33. The van der Waals surface area contributed by atoms with Crippen molar-refractivity contribution in [2.24, 2.45) is 0 Å². The van der Waals surface area contributed by atoms with Crippen molar-refractivity contribution in [3.05, 3.63) is 0 Å². The Hall–Kier alpha value is -0.130. The molecule has 140 valence electrons.